The van der Waals surface area contributed by atoms with Crippen LogP contribution in [0.2, 0.25) is 0 Å². The van der Waals surface area contributed by atoms with Crippen LogP contribution in [-0.2, 0) is 4.79 Å². The normalized spacial score (nSPS) is 13.8. The van der Waals surface area contributed by atoms with E-state index >= 15 is 0 Å². The van der Waals surface area contributed by atoms with Gasteiger partial charge in [-0.25, -0.2) is 4.98 Å². The lowest BCUT2D eigenvalue weighted by Crippen LogP contribution is -2.49. The fourth-order valence-corrected chi connectivity index (χ4v) is 4.66. The van der Waals surface area contributed by atoms with E-state index < -0.39 is 0 Å². The Balaban J connectivity index is 1.28. The standard InChI is InChI=1S/C24H23N7OS/c32-22(30-15-13-29(14-16-30)21-17-25-11-12-26-21)18-33-24-28-27-23(19-7-3-1-4-8-19)31(24)20-9-5-2-6-10-20/h1-12,17H,13-16,18H2. The molecule has 166 valence electrons. The third-order valence-corrected chi connectivity index (χ3v) is 6.42. The van der Waals surface area contributed by atoms with Crippen molar-refractivity contribution in [1.29, 1.82) is 0 Å². The molecule has 0 saturated carbocycles. The Kier molecular flexibility index (Phi) is 6.30. The van der Waals surface area contributed by atoms with Crippen LogP contribution >= 0.6 is 11.8 Å². The maximum absolute atomic E-state index is 12.9. The van der Waals surface area contributed by atoms with Crippen molar-refractivity contribution < 1.29 is 4.79 Å². The van der Waals surface area contributed by atoms with Gasteiger partial charge in [-0.05, 0) is 12.1 Å². The number of carbonyl (C=O) groups is 1. The molecule has 2 aromatic heterocycles. The van der Waals surface area contributed by atoms with Gasteiger partial charge in [0, 0.05) is 49.8 Å². The highest BCUT2D eigenvalue weighted by Gasteiger charge is 2.23. The van der Waals surface area contributed by atoms with Crippen LogP contribution in [0.3, 0.4) is 0 Å². The number of thioether (sulfide) groups is 1. The molecule has 0 radical (unpaired) electrons. The van der Waals surface area contributed by atoms with Gasteiger partial charge >= 0.3 is 0 Å². The second-order valence-corrected chi connectivity index (χ2v) is 8.51. The SMILES string of the molecule is O=C(CSc1nnc(-c2ccccc2)n1-c1ccccc1)N1CCN(c2cnccn2)CC1. The van der Waals surface area contributed by atoms with Gasteiger partial charge in [0.05, 0.1) is 11.9 Å². The summed E-state index contributed by atoms with van der Waals surface area (Å²) >= 11 is 1.42. The third kappa shape index (κ3) is 4.73. The van der Waals surface area contributed by atoms with Crippen molar-refractivity contribution in [3.8, 4) is 17.1 Å². The molecule has 0 atom stereocenters. The van der Waals surface area contributed by atoms with Crippen molar-refractivity contribution in [3.05, 3.63) is 79.3 Å². The van der Waals surface area contributed by atoms with E-state index in [1.54, 1.807) is 18.6 Å². The molecule has 1 aliphatic heterocycles. The number of para-hydroxylation sites is 1. The number of hydrogen-bond acceptors (Lipinski definition) is 7. The summed E-state index contributed by atoms with van der Waals surface area (Å²) in [6.07, 6.45) is 5.11. The van der Waals surface area contributed by atoms with Gasteiger partial charge < -0.3 is 9.80 Å². The van der Waals surface area contributed by atoms with Gasteiger partial charge in [-0.3, -0.25) is 14.3 Å². The van der Waals surface area contributed by atoms with Crippen LogP contribution in [0.15, 0.2) is 84.4 Å². The molecule has 0 spiro atoms. The number of nitrogens with zero attached hydrogens (tertiary/aromatic N) is 7. The number of hydrogen-bond donors (Lipinski definition) is 0. The summed E-state index contributed by atoms with van der Waals surface area (Å²) in [6, 6.07) is 20.0. The van der Waals surface area contributed by atoms with Gasteiger partial charge in [-0.1, -0.05) is 60.3 Å². The zero-order valence-electron chi connectivity index (χ0n) is 18.0. The van der Waals surface area contributed by atoms with Gasteiger partial charge in [-0.15, -0.1) is 10.2 Å². The van der Waals surface area contributed by atoms with Crippen LogP contribution in [-0.4, -0.2) is 67.5 Å². The smallest absolute Gasteiger partial charge is 0.233 e. The second-order valence-electron chi connectivity index (χ2n) is 7.56. The van der Waals surface area contributed by atoms with Gasteiger partial charge in [0.1, 0.15) is 5.82 Å². The molecule has 1 aliphatic rings. The van der Waals surface area contributed by atoms with Crippen LogP contribution in [0.25, 0.3) is 17.1 Å². The summed E-state index contributed by atoms with van der Waals surface area (Å²) in [5.41, 5.74) is 1.95. The lowest BCUT2D eigenvalue weighted by Gasteiger charge is -2.35. The minimum atomic E-state index is 0.0997. The highest BCUT2D eigenvalue weighted by molar-refractivity contribution is 7.99. The Morgan fingerprint density at radius 3 is 2.30 bits per heavy atom. The van der Waals surface area contributed by atoms with Crippen molar-refractivity contribution in [2.75, 3.05) is 36.8 Å². The first-order valence-corrected chi connectivity index (χ1v) is 11.8. The molecular formula is C24H23N7OS. The summed E-state index contributed by atoms with van der Waals surface area (Å²) in [4.78, 5) is 25.5. The average Bonchev–Trinajstić information content (AvgIpc) is 3.33. The van der Waals surface area contributed by atoms with Crippen LogP contribution in [0.1, 0.15) is 0 Å². The Morgan fingerprint density at radius 1 is 0.879 bits per heavy atom. The van der Waals surface area contributed by atoms with Crippen molar-refractivity contribution in [3.63, 3.8) is 0 Å². The number of carbonyl (C=O) groups excluding carboxylic acids is 1. The lowest BCUT2D eigenvalue weighted by atomic mass is 10.2. The zero-order valence-corrected chi connectivity index (χ0v) is 18.8. The molecule has 4 aromatic rings. The summed E-state index contributed by atoms with van der Waals surface area (Å²) in [7, 11) is 0. The quantitative estimate of drug-likeness (QED) is 0.412. The minimum Gasteiger partial charge on any atom is -0.352 e. The molecule has 1 saturated heterocycles. The maximum atomic E-state index is 12.9. The van der Waals surface area contributed by atoms with Crippen LogP contribution in [0.5, 0.6) is 0 Å². The largest absolute Gasteiger partial charge is 0.352 e. The Hall–Kier alpha value is -3.72. The number of benzene rings is 2. The summed E-state index contributed by atoms with van der Waals surface area (Å²) in [6.45, 7) is 2.81. The first kappa shape index (κ1) is 21.1. The Bertz CT molecular complexity index is 1190. The van der Waals surface area contributed by atoms with Crippen molar-refractivity contribution in [2.24, 2.45) is 0 Å². The number of rotatable bonds is 6. The minimum absolute atomic E-state index is 0.0997. The van der Waals surface area contributed by atoms with Crippen LogP contribution in [0.4, 0.5) is 5.82 Å². The average molecular weight is 458 g/mol. The molecule has 9 heteroatoms. The topological polar surface area (TPSA) is 80.0 Å². The van der Waals surface area contributed by atoms with Crippen LogP contribution < -0.4 is 4.90 Å². The molecule has 3 heterocycles. The molecule has 1 amide bonds. The van der Waals surface area contributed by atoms with Gasteiger partial charge in [0.15, 0.2) is 11.0 Å². The summed E-state index contributed by atoms with van der Waals surface area (Å²) in [5.74, 6) is 2.02. The molecular weight excluding hydrogens is 434 g/mol. The van der Waals surface area contributed by atoms with Crippen molar-refractivity contribution in [2.45, 2.75) is 5.16 Å². The third-order valence-electron chi connectivity index (χ3n) is 5.51. The molecule has 0 bridgehead atoms. The fourth-order valence-electron chi connectivity index (χ4n) is 3.80. The van der Waals surface area contributed by atoms with Gasteiger partial charge in [0.2, 0.25) is 5.91 Å². The fraction of sp³-hybridized carbons (Fsp3) is 0.208. The number of piperazine rings is 1. The monoisotopic (exact) mass is 457 g/mol. The molecule has 8 nitrogen and oxygen atoms in total. The number of anilines is 1. The molecule has 33 heavy (non-hydrogen) atoms. The van der Waals surface area contributed by atoms with E-state index in [0.29, 0.717) is 24.0 Å². The van der Waals surface area contributed by atoms with E-state index in [1.165, 1.54) is 11.8 Å². The van der Waals surface area contributed by atoms with E-state index in [1.807, 2.05) is 70.1 Å². The zero-order chi connectivity index (χ0) is 22.5. The highest BCUT2D eigenvalue weighted by atomic mass is 32.2. The van der Waals surface area contributed by atoms with Crippen molar-refractivity contribution in [1.82, 2.24) is 29.6 Å². The Morgan fingerprint density at radius 2 is 1.61 bits per heavy atom. The molecule has 0 aliphatic carbocycles. The predicted octanol–water partition coefficient (Wildman–Crippen LogP) is 3.17. The first-order valence-electron chi connectivity index (χ1n) is 10.8. The van der Waals surface area contributed by atoms with E-state index in [9.17, 15) is 4.79 Å². The van der Waals surface area contributed by atoms with E-state index in [-0.39, 0.29) is 5.91 Å². The second kappa shape index (κ2) is 9.83. The molecule has 5 rings (SSSR count). The van der Waals surface area contributed by atoms with E-state index in [0.717, 1.165) is 36.0 Å². The Labute approximate surface area is 196 Å². The summed E-state index contributed by atoms with van der Waals surface area (Å²) < 4.78 is 2.01. The molecule has 1 fully saturated rings. The van der Waals surface area contributed by atoms with E-state index in [4.69, 9.17) is 0 Å². The number of amides is 1. The van der Waals surface area contributed by atoms with Crippen molar-refractivity contribution >= 4 is 23.5 Å². The van der Waals surface area contributed by atoms with Crippen LogP contribution in [0, 0.1) is 0 Å². The molecule has 2 aromatic carbocycles. The van der Waals surface area contributed by atoms with Gasteiger partial charge in [0.25, 0.3) is 0 Å². The van der Waals surface area contributed by atoms with E-state index in [2.05, 4.69) is 25.1 Å². The van der Waals surface area contributed by atoms with Gasteiger partial charge in [-0.2, -0.15) is 0 Å². The summed E-state index contributed by atoms with van der Waals surface area (Å²) in [5, 5.41) is 9.56. The predicted molar refractivity (Wildman–Crippen MR) is 128 cm³/mol. The lowest BCUT2D eigenvalue weighted by molar-refractivity contribution is -0.128. The maximum Gasteiger partial charge on any atom is 0.233 e. The number of aromatic nitrogens is 5. The molecule has 0 unspecified atom stereocenters. The highest BCUT2D eigenvalue weighted by Crippen LogP contribution is 2.28. The first-order chi connectivity index (χ1) is 16.3. The molecule has 0 N–H and O–H groups in total.